The molecule has 0 aromatic rings. The summed E-state index contributed by atoms with van der Waals surface area (Å²) >= 11 is 0. The molecule has 4 N–H and O–H groups in total. The molecule has 2 saturated heterocycles. The van der Waals surface area contributed by atoms with Crippen LogP contribution < -0.4 is 21.3 Å². The topological polar surface area (TPSA) is 48.1 Å². The zero-order chi connectivity index (χ0) is 20.2. The van der Waals surface area contributed by atoms with Crippen LogP contribution >= 0.6 is 0 Å². The zero-order valence-electron chi connectivity index (χ0n) is 19.3. The van der Waals surface area contributed by atoms with Crippen LogP contribution in [0.25, 0.3) is 0 Å². The summed E-state index contributed by atoms with van der Waals surface area (Å²) in [5, 5.41) is 16.0. The van der Waals surface area contributed by atoms with Crippen molar-refractivity contribution in [3.8, 4) is 0 Å². The van der Waals surface area contributed by atoms with Crippen LogP contribution in [0, 0.1) is 23.7 Å². The van der Waals surface area contributed by atoms with Gasteiger partial charge in [0.05, 0.1) is 12.3 Å². The summed E-state index contributed by atoms with van der Waals surface area (Å²) in [6, 6.07) is 1.52. The van der Waals surface area contributed by atoms with Crippen molar-refractivity contribution in [3.05, 3.63) is 0 Å². The quantitative estimate of drug-likeness (QED) is 0.545. The number of hydrogen-bond acceptors (Lipinski definition) is 4. The average molecular weight is 417 g/mol. The molecular weight excluding hydrogens is 368 g/mol. The van der Waals surface area contributed by atoms with Crippen molar-refractivity contribution in [3.63, 3.8) is 0 Å². The van der Waals surface area contributed by atoms with E-state index in [4.69, 9.17) is 0 Å². The Hall–Kier alpha value is -0.160. The highest BCUT2D eigenvalue weighted by molar-refractivity contribution is 4.95. The van der Waals surface area contributed by atoms with Gasteiger partial charge in [0.25, 0.3) is 0 Å². The Morgan fingerprint density at radius 3 is 1.30 bits per heavy atom. The minimum atomic E-state index is 0.595. The smallest absolute Gasteiger partial charge is 0.0602 e. The Morgan fingerprint density at radius 1 is 0.400 bits per heavy atom. The molecular formula is C26H48N4. The lowest BCUT2D eigenvalue weighted by Crippen LogP contribution is -2.61. The fourth-order valence-corrected chi connectivity index (χ4v) is 7.82. The van der Waals surface area contributed by atoms with Crippen LogP contribution in [0.15, 0.2) is 0 Å². The molecule has 0 spiro atoms. The van der Waals surface area contributed by atoms with Crippen LogP contribution in [-0.2, 0) is 0 Å². The van der Waals surface area contributed by atoms with Gasteiger partial charge in [-0.25, -0.2) is 0 Å². The van der Waals surface area contributed by atoms with Gasteiger partial charge in [-0.05, 0) is 94.5 Å². The number of rotatable bonds is 4. The number of hydrogen-bond donors (Lipinski definition) is 4. The predicted molar refractivity (Wildman–Crippen MR) is 125 cm³/mol. The van der Waals surface area contributed by atoms with Gasteiger partial charge in [-0.2, -0.15) is 0 Å². The SMILES string of the molecule is C1CCC(C2NCCC(C3CCCC(C4CCNC(C5CCCCC5)N4)C3)N2)CC1. The Kier molecular flexibility index (Phi) is 7.69. The van der Waals surface area contributed by atoms with Crippen molar-refractivity contribution >= 4 is 0 Å². The van der Waals surface area contributed by atoms with Crippen molar-refractivity contribution < 1.29 is 0 Å². The fourth-order valence-electron chi connectivity index (χ4n) is 7.82. The van der Waals surface area contributed by atoms with Crippen LogP contribution in [0.5, 0.6) is 0 Å². The van der Waals surface area contributed by atoms with Crippen LogP contribution in [0.1, 0.15) is 103 Å². The lowest BCUT2D eigenvalue weighted by Gasteiger charge is -2.46. The largest absolute Gasteiger partial charge is 0.302 e. The maximum atomic E-state index is 4.13. The summed E-state index contributed by atoms with van der Waals surface area (Å²) in [6.07, 6.45) is 24.2. The predicted octanol–water partition coefficient (Wildman–Crippen LogP) is 4.51. The van der Waals surface area contributed by atoms with Gasteiger partial charge < -0.3 is 10.6 Å². The first kappa shape index (κ1) is 21.7. The lowest BCUT2D eigenvalue weighted by molar-refractivity contribution is 0.0968. The lowest BCUT2D eigenvalue weighted by atomic mass is 9.72. The van der Waals surface area contributed by atoms with Gasteiger partial charge in [0, 0.05) is 12.1 Å². The molecule has 6 unspecified atom stereocenters. The molecule has 2 heterocycles. The molecule has 3 saturated carbocycles. The van der Waals surface area contributed by atoms with Crippen LogP contribution in [-0.4, -0.2) is 37.5 Å². The van der Waals surface area contributed by atoms with E-state index in [0.717, 1.165) is 35.8 Å². The van der Waals surface area contributed by atoms with Gasteiger partial charge >= 0.3 is 0 Å². The van der Waals surface area contributed by atoms with Crippen molar-refractivity contribution in [2.24, 2.45) is 23.7 Å². The summed E-state index contributed by atoms with van der Waals surface area (Å²) in [5.41, 5.74) is 0. The Morgan fingerprint density at radius 2 is 0.833 bits per heavy atom. The van der Waals surface area contributed by atoms with E-state index in [2.05, 4.69) is 21.3 Å². The van der Waals surface area contributed by atoms with Gasteiger partial charge in [-0.3, -0.25) is 10.6 Å². The highest BCUT2D eigenvalue weighted by Crippen LogP contribution is 2.37. The monoisotopic (exact) mass is 416 g/mol. The summed E-state index contributed by atoms with van der Waals surface area (Å²) in [4.78, 5) is 0. The molecule has 0 amide bonds. The van der Waals surface area contributed by atoms with Gasteiger partial charge in [-0.1, -0.05) is 44.9 Å². The zero-order valence-corrected chi connectivity index (χ0v) is 19.3. The molecule has 0 aromatic carbocycles. The normalized spacial score (nSPS) is 42.8. The van der Waals surface area contributed by atoms with E-state index in [1.54, 1.807) is 0 Å². The molecule has 0 bridgehead atoms. The second-order valence-electron chi connectivity index (χ2n) is 11.5. The second kappa shape index (κ2) is 10.6. The molecule has 0 aromatic heterocycles. The van der Waals surface area contributed by atoms with E-state index in [0.29, 0.717) is 12.3 Å². The molecule has 172 valence electrons. The minimum absolute atomic E-state index is 0.595. The Balaban J connectivity index is 1.15. The van der Waals surface area contributed by atoms with E-state index in [1.165, 1.54) is 116 Å². The summed E-state index contributed by atoms with van der Waals surface area (Å²) in [6.45, 7) is 2.46. The van der Waals surface area contributed by atoms with Gasteiger partial charge in [0.15, 0.2) is 0 Å². The first-order chi connectivity index (χ1) is 14.9. The van der Waals surface area contributed by atoms with E-state index >= 15 is 0 Å². The first-order valence-electron chi connectivity index (χ1n) is 13.9. The average Bonchev–Trinajstić information content (AvgIpc) is 2.85. The highest BCUT2D eigenvalue weighted by Gasteiger charge is 2.38. The molecule has 4 heteroatoms. The maximum absolute atomic E-state index is 4.13. The number of nitrogens with one attached hydrogen (secondary N) is 4. The molecule has 4 nitrogen and oxygen atoms in total. The van der Waals surface area contributed by atoms with E-state index < -0.39 is 0 Å². The first-order valence-corrected chi connectivity index (χ1v) is 13.9. The van der Waals surface area contributed by atoms with Gasteiger partial charge in [0.1, 0.15) is 0 Å². The minimum Gasteiger partial charge on any atom is -0.302 e. The Labute approximate surface area is 185 Å². The molecule has 5 aliphatic rings. The van der Waals surface area contributed by atoms with Crippen molar-refractivity contribution in [2.45, 2.75) is 127 Å². The third-order valence-corrected chi connectivity index (χ3v) is 9.56. The molecule has 3 aliphatic carbocycles. The Bertz CT molecular complexity index is 469. The van der Waals surface area contributed by atoms with Crippen LogP contribution in [0.3, 0.4) is 0 Å². The molecule has 5 rings (SSSR count). The summed E-state index contributed by atoms with van der Waals surface area (Å²) in [7, 11) is 0. The summed E-state index contributed by atoms with van der Waals surface area (Å²) in [5.74, 6) is 3.56. The molecule has 0 radical (unpaired) electrons. The van der Waals surface area contributed by atoms with Gasteiger partial charge in [0.2, 0.25) is 0 Å². The third kappa shape index (κ3) is 5.24. The van der Waals surface area contributed by atoms with Crippen molar-refractivity contribution in [2.75, 3.05) is 13.1 Å². The molecule has 2 aliphatic heterocycles. The van der Waals surface area contributed by atoms with E-state index in [-0.39, 0.29) is 0 Å². The molecule has 30 heavy (non-hydrogen) atoms. The van der Waals surface area contributed by atoms with E-state index in [9.17, 15) is 0 Å². The maximum Gasteiger partial charge on any atom is 0.0602 e. The highest BCUT2D eigenvalue weighted by atomic mass is 15.2. The van der Waals surface area contributed by atoms with Crippen LogP contribution in [0.4, 0.5) is 0 Å². The fraction of sp³-hybridized carbons (Fsp3) is 1.00. The van der Waals surface area contributed by atoms with Gasteiger partial charge in [-0.15, -0.1) is 0 Å². The summed E-state index contributed by atoms with van der Waals surface area (Å²) < 4.78 is 0. The third-order valence-electron chi connectivity index (χ3n) is 9.56. The second-order valence-corrected chi connectivity index (χ2v) is 11.5. The van der Waals surface area contributed by atoms with Crippen molar-refractivity contribution in [1.29, 1.82) is 0 Å². The molecule has 6 atom stereocenters. The van der Waals surface area contributed by atoms with Crippen molar-refractivity contribution in [1.82, 2.24) is 21.3 Å². The standard InChI is InChI=1S/C26H48N4/c1-3-8-19(9-4-1)25-27-16-14-23(29-25)21-12-7-13-22(18-21)24-15-17-28-26(30-24)20-10-5-2-6-11-20/h19-30H,1-18H2. The van der Waals surface area contributed by atoms with E-state index in [1.807, 2.05) is 0 Å². The molecule has 5 fully saturated rings. The van der Waals surface area contributed by atoms with Crippen LogP contribution in [0.2, 0.25) is 0 Å².